The molecule has 0 aliphatic heterocycles. The largest absolute Gasteiger partial charge is 0.299 e. The van der Waals surface area contributed by atoms with Crippen LogP contribution in [0.1, 0.15) is 18.9 Å². The van der Waals surface area contributed by atoms with E-state index >= 15 is 0 Å². The van der Waals surface area contributed by atoms with Crippen molar-refractivity contribution in [2.24, 2.45) is 0 Å². The minimum Gasteiger partial charge on any atom is -0.299 e. The van der Waals surface area contributed by atoms with Crippen molar-refractivity contribution >= 4 is 5.78 Å². The Hall–Kier alpha value is -1.44. The standard InChI is InChI=1S/C12H13FO/c1-9(2)6-12(14)8-10-4-3-5-11(13)7-10/h3-5,7H,1,6,8H2,2H3. The summed E-state index contributed by atoms with van der Waals surface area (Å²) in [5, 5.41) is 0. The van der Waals surface area contributed by atoms with Crippen LogP contribution in [-0.4, -0.2) is 5.78 Å². The van der Waals surface area contributed by atoms with Gasteiger partial charge in [-0.05, 0) is 24.6 Å². The van der Waals surface area contributed by atoms with E-state index in [1.54, 1.807) is 12.1 Å². The van der Waals surface area contributed by atoms with Crippen LogP contribution in [-0.2, 0) is 11.2 Å². The fourth-order valence-corrected chi connectivity index (χ4v) is 1.27. The van der Waals surface area contributed by atoms with Gasteiger partial charge in [0.05, 0.1) is 0 Å². The van der Waals surface area contributed by atoms with Crippen LogP contribution in [0.4, 0.5) is 4.39 Å². The maximum Gasteiger partial charge on any atom is 0.141 e. The molecule has 1 nitrogen and oxygen atoms in total. The molecule has 74 valence electrons. The van der Waals surface area contributed by atoms with Gasteiger partial charge in [-0.1, -0.05) is 24.3 Å². The van der Waals surface area contributed by atoms with Crippen LogP contribution in [0.15, 0.2) is 36.4 Å². The Morgan fingerprint density at radius 1 is 1.50 bits per heavy atom. The van der Waals surface area contributed by atoms with Crippen LogP contribution in [0.25, 0.3) is 0 Å². The van der Waals surface area contributed by atoms with Crippen molar-refractivity contribution < 1.29 is 9.18 Å². The Labute approximate surface area is 83.3 Å². The normalized spacial score (nSPS) is 9.86. The van der Waals surface area contributed by atoms with Gasteiger partial charge < -0.3 is 0 Å². The Bertz CT molecular complexity index is 355. The summed E-state index contributed by atoms with van der Waals surface area (Å²) in [4.78, 5) is 11.4. The van der Waals surface area contributed by atoms with Crippen molar-refractivity contribution in [1.29, 1.82) is 0 Å². The number of hydrogen-bond donors (Lipinski definition) is 0. The molecule has 0 bridgehead atoms. The quantitative estimate of drug-likeness (QED) is 0.670. The number of carbonyl (C=O) groups excluding carboxylic acids is 1. The molecule has 0 radical (unpaired) electrons. The SMILES string of the molecule is C=C(C)CC(=O)Cc1cccc(F)c1. The smallest absolute Gasteiger partial charge is 0.141 e. The van der Waals surface area contributed by atoms with Crippen LogP contribution in [0.3, 0.4) is 0 Å². The molecule has 0 N–H and O–H groups in total. The highest BCUT2D eigenvalue weighted by Gasteiger charge is 2.04. The molecule has 1 aromatic carbocycles. The van der Waals surface area contributed by atoms with Gasteiger partial charge in [-0.3, -0.25) is 4.79 Å². The lowest BCUT2D eigenvalue weighted by molar-refractivity contribution is -0.117. The molecule has 0 heterocycles. The number of hydrogen-bond acceptors (Lipinski definition) is 1. The molecule has 0 atom stereocenters. The molecule has 0 spiro atoms. The van der Waals surface area contributed by atoms with E-state index < -0.39 is 0 Å². The van der Waals surface area contributed by atoms with Gasteiger partial charge in [-0.25, -0.2) is 4.39 Å². The monoisotopic (exact) mass is 192 g/mol. The summed E-state index contributed by atoms with van der Waals surface area (Å²) in [6.45, 7) is 5.47. The summed E-state index contributed by atoms with van der Waals surface area (Å²) in [6.07, 6.45) is 0.654. The second-order valence-electron chi connectivity index (χ2n) is 3.48. The first kappa shape index (κ1) is 10.6. The summed E-state index contributed by atoms with van der Waals surface area (Å²) in [5.74, 6) is -0.228. The molecule has 0 amide bonds. The van der Waals surface area contributed by atoms with Crippen molar-refractivity contribution in [3.63, 3.8) is 0 Å². The topological polar surface area (TPSA) is 17.1 Å². The van der Waals surface area contributed by atoms with E-state index in [4.69, 9.17) is 0 Å². The van der Waals surface area contributed by atoms with Crippen molar-refractivity contribution in [1.82, 2.24) is 0 Å². The second-order valence-corrected chi connectivity index (χ2v) is 3.48. The summed E-state index contributed by atoms with van der Waals surface area (Å²) < 4.78 is 12.8. The highest BCUT2D eigenvalue weighted by atomic mass is 19.1. The number of benzene rings is 1. The lowest BCUT2D eigenvalue weighted by Gasteiger charge is -2.00. The first-order valence-corrected chi connectivity index (χ1v) is 4.48. The van der Waals surface area contributed by atoms with Gasteiger partial charge in [0.15, 0.2) is 0 Å². The van der Waals surface area contributed by atoms with Gasteiger partial charge in [0, 0.05) is 12.8 Å². The van der Waals surface area contributed by atoms with Gasteiger partial charge in [0.1, 0.15) is 11.6 Å². The van der Waals surface area contributed by atoms with Crippen molar-refractivity contribution in [2.45, 2.75) is 19.8 Å². The van der Waals surface area contributed by atoms with Crippen molar-refractivity contribution in [3.8, 4) is 0 Å². The van der Waals surface area contributed by atoms with Crippen LogP contribution in [0, 0.1) is 5.82 Å². The molecule has 0 saturated carbocycles. The average molecular weight is 192 g/mol. The molecule has 0 unspecified atom stereocenters. The number of carbonyl (C=O) groups is 1. The van der Waals surface area contributed by atoms with E-state index in [9.17, 15) is 9.18 Å². The third-order valence-electron chi connectivity index (χ3n) is 1.79. The Morgan fingerprint density at radius 3 is 2.79 bits per heavy atom. The molecule has 0 aliphatic carbocycles. The lowest BCUT2D eigenvalue weighted by atomic mass is 10.0. The number of rotatable bonds is 4. The Balaban J connectivity index is 2.60. The first-order valence-electron chi connectivity index (χ1n) is 4.48. The molecular weight excluding hydrogens is 179 g/mol. The molecule has 0 fully saturated rings. The zero-order valence-electron chi connectivity index (χ0n) is 8.22. The summed E-state index contributed by atoms with van der Waals surface area (Å²) in [7, 11) is 0. The average Bonchev–Trinajstić information content (AvgIpc) is 2.01. The number of ketones is 1. The van der Waals surface area contributed by atoms with Gasteiger partial charge in [-0.15, -0.1) is 0 Å². The van der Waals surface area contributed by atoms with E-state index in [1.807, 2.05) is 6.92 Å². The van der Waals surface area contributed by atoms with Gasteiger partial charge in [-0.2, -0.15) is 0 Å². The van der Waals surface area contributed by atoms with Gasteiger partial charge in [0.25, 0.3) is 0 Å². The molecule has 0 aromatic heterocycles. The predicted molar refractivity (Wildman–Crippen MR) is 54.5 cm³/mol. The summed E-state index contributed by atoms with van der Waals surface area (Å²) in [5.41, 5.74) is 1.56. The third-order valence-corrected chi connectivity index (χ3v) is 1.79. The fraction of sp³-hybridized carbons (Fsp3) is 0.250. The van der Waals surface area contributed by atoms with E-state index in [0.717, 1.165) is 11.1 Å². The second kappa shape index (κ2) is 4.70. The third kappa shape index (κ3) is 3.52. The zero-order chi connectivity index (χ0) is 10.6. The van der Waals surface area contributed by atoms with Crippen molar-refractivity contribution in [3.05, 3.63) is 47.8 Å². The minimum atomic E-state index is -0.300. The van der Waals surface area contributed by atoms with E-state index in [-0.39, 0.29) is 18.0 Å². The highest BCUT2D eigenvalue weighted by molar-refractivity contribution is 5.82. The summed E-state index contributed by atoms with van der Waals surface area (Å²) in [6, 6.07) is 6.11. The van der Waals surface area contributed by atoms with Crippen LogP contribution >= 0.6 is 0 Å². The number of halogens is 1. The molecule has 0 aliphatic rings. The first-order chi connectivity index (χ1) is 6.58. The Morgan fingerprint density at radius 2 is 2.21 bits per heavy atom. The maximum atomic E-state index is 12.8. The van der Waals surface area contributed by atoms with Gasteiger partial charge >= 0.3 is 0 Å². The number of Topliss-reactive ketones (excluding diaryl/α,β-unsaturated/α-hetero) is 1. The van der Waals surface area contributed by atoms with Crippen LogP contribution in [0.2, 0.25) is 0 Å². The molecule has 0 saturated heterocycles. The van der Waals surface area contributed by atoms with Crippen molar-refractivity contribution in [2.75, 3.05) is 0 Å². The van der Waals surface area contributed by atoms with Gasteiger partial charge in [0.2, 0.25) is 0 Å². The predicted octanol–water partition coefficient (Wildman–Crippen LogP) is 2.90. The van der Waals surface area contributed by atoms with E-state index in [0.29, 0.717) is 6.42 Å². The van der Waals surface area contributed by atoms with E-state index in [2.05, 4.69) is 6.58 Å². The van der Waals surface area contributed by atoms with Crippen LogP contribution in [0.5, 0.6) is 0 Å². The maximum absolute atomic E-state index is 12.8. The molecule has 1 rings (SSSR count). The molecule has 1 aromatic rings. The minimum absolute atomic E-state index is 0.0723. The Kier molecular flexibility index (Phi) is 3.57. The number of allylic oxidation sites excluding steroid dienone is 1. The zero-order valence-corrected chi connectivity index (χ0v) is 8.22. The van der Waals surface area contributed by atoms with E-state index in [1.165, 1.54) is 12.1 Å². The highest BCUT2D eigenvalue weighted by Crippen LogP contribution is 2.07. The molecule has 14 heavy (non-hydrogen) atoms. The lowest BCUT2D eigenvalue weighted by Crippen LogP contribution is -2.02. The molecular formula is C12H13FO. The molecule has 2 heteroatoms. The fourth-order valence-electron chi connectivity index (χ4n) is 1.27. The summed E-state index contributed by atoms with van der Waals surface area (Å²) >= 11 is 0. The van der Waals surface area contributed by atoms with Crippen LogP contribution < -0.4 is 0 Å².